The summed E-state index contributed by atoms with van der Waals surface area (Å²) >= 11 is 23.3. The van der Waals surface area contributed by atoms with Crippen molar-refractivity contribution in [1.29, 1.82) is 0 Å². The summed E-state index contributed by atoms with van der Waals surface area (Å²) < 4.78 is 7.60. The Morgan fingerprint density at radius 1 is 0.812 bits per heavy atom. The Bertz CT molecular complexity index is 175. The molecule has 0 amide bonds. The molecule has 0 bridgehead atoms. The number of rotatable bonds is 9. The second kappa shape index (κ2) is 9.39. The van der Waals surface area contributed by atoms with Crippen molar-refractivity contribution in [1.82, 2.24) is 0 Å². The van der Waals surface area contributed by atoms with Gasteiger partial charge in [0.05, 0.1) is 0 Å². The zero-order valence-corrected chi connectivity index (χ0v) is 14.7. The Morgan fingerprint density at radius 3 is 1.38 bits per heavy atom. The van der Waals surface area contributed by atoms with Crippen molar-refractivity contribution >= 4 is 87.6 Å². The highest BCUT2D eigenvalue weighted by Gasteiger charge is 2.29. The molecule has 0 unspecified atom stereocenters. The lowest BCUT2D eigenvalue weighted by molar-refractivity contribution is 0.149. The number of ether oxygens (including phenoxy) is 2. The van der Waals surface area contributed by atoms with Crippen molar-refractivity contribution in [3.63, 3.8) is 0 Å². The van der Waals surface area contributed by atoms with E-state index < -0.39 is 7.70 Å². The van der Waals surface area contributed by atoms with Crippen LogP contribution in [-0.4, -0.2) is 20.9 Å². The molecular formula is C6H10Cl4O2S4. The molecule has 98 valence electrons. The molecule has 0 saturated carbocycles. The second-order valence-electron chi connectivity index (χ2n) is 2.10. The first-order chi connectivity index (χ1) is 7.33. The topological polar surface area (TPSA) is 18.5 Å². The minimum absolute atomic E-state index is 0.437. The fourth-order valence-electron chi connectivity index (χ4n) is 0.491. The molecule has 0 spiro atoms. The molecular weight excluding hydrogens is 374 g/mol. The number of halogens is 4. The summed E-state index contributed by atoms with van der Waals surface area (Å²) in [5.74, 6) is 0. The molecule has 0 aromatic heterocycles. The van der Waals surface area contributed by atoms with Crippen molar-refractivity contribution in [2.45, 2.75) is 21.6 Å². The van der Waals surface area contributed by atoms with Crippen LogP contribution in [0.15, 0.2) is 0 Å². The van der Waals surface area contributed by atoms with Crippen molar-refractivity contribution in [3.8, 4) is 0 Å². The molecule has 0 rings (SSSR count). The van der Waals surface area contributed by atoms with Crippen LogP contribution in [0.25, 0.3) is 0 Å². The molecule has 0 atom stereocenters. The van der Waals surface area contributed by atoms with Gasteiger partial charge in [0.25, 0.3) is 7.70 Å². The van der Waals surface area contributed by atoms with Crippen molar-refractivity contribution in [3.05, 3.63) is 0 Å². The van der Waals surface area contributed by atoms with Gasteiger partial charge in [-0.1, -0.05) is 46.4 Å². The standard InChI is InChI=1S/C6H10Cl4O2S4/c1-3-11-5(7,8)13-15-16-14-6(9,10)12-4-2/h3-4H2,1-2H3. The maximum atomic E-state index is 5.81. The van der Waals surface area contributed by atoms with Gasteiger partial charge in [-0.05, 0) is 55.1 Å². The molecule has 16 heavy (non-hydrogen) atoms. The van der Waals surface area contributed by atoms with Gasteiger partial charge in [-0.15, -0.1) is 0 Å². The number of alkyl halides is 4. The Balaban J connectivity index is 3.67. The van der Waals surface area contributed by atoms with Gasteiger partial charge in [-0.2, -0.15) is 0 Å². The third-order valence-electron chi connectivity index (χ3n) is 0.915. The Kier molecular flexibility index (Phi) is 10.9. The average Bonchev–Trinajstić information content (AvgIpc) is 2.12. The average molecular weight is 384 g/mol. The minimum Gasteiger partial charge on any atom is -0.338 e. The van der Waals surface area contributed by atoms with E-state index >= 15 is 0 Å². The Hall–Kier alpha value is 2.48. The number of hydrogen-bond acceptors (Lipinski definition) is 6. The summed E-state index contributed by atoms with van der Waals surface area (Å²) in [4.78, 5) is 0. The normalized spacial score (nSPS) is 13.1. The molecule has 0 saturated heterocycles. The van der Waals surface area contributed by atoms with Crippen LogP contribution in [0.3, 0.4) is 0 Å². The van der Waals surface area contributed by atoms with Crippen molar-refractivity contribution in [2.75, 3.05) is 13.2 Å². The molecule has 10 heteroatoms. The Labute approximate surface area is 131 Å². The van der Waals surface area contributed by atoms with Crippen LogP contribution < -0.4 is 0 Å². The van der Waals surface area contributed by atoms with E-state index in [-0.39, 0.29) is 0 Å². The molecule has 0 heterocycles. The van der Waals surface area contributed by atoms with Crippen LogP contribution in [0.5, 0.6) is 0 Å². The van der Waals surface area contributed by atoms with E-state index in [2.05, 4.69) is 0 Å². The molecule has 0 aliphatic heterocycles. The van der Waals surface area contributed by atoms with Crippen LogP contribution in [0.1, 0.15) is 13.8 Å². The van der Waals surface area contributed by atoms with E-state index in [9.17, 15) is 0 Å². The van der Waals surface area contributed by atoms with E-state index in [4.69, 9.17) is 55.9 Å². The molecule has 0 fully saturated rings. The van der Waals surface area contributed by atoms with Gasteiger partial charge in [-0.25, -0.2) is 0 Å². The monoisotopic (exact) mass is 382 g/mol. The van der Waals surface area contributed by atoms with Crippen LogP contribution >= 0.6 is 87.6 Å². The Morgan fingerprint density at radius 2 is 1.12 bits per heavy atom. The minimum atomic E-state index is -1.26. The summed E-state index contributed by atoms with van der Waals surface area (Å²) in [6.45, 7) is 4.49. The van der Waals surface area contributed by atoms with Gasteiger partial charge in [0.1, 0.15) is 0 Å². The zero-order valence-electron chi connectivity index (χ0n) is 8.38. The van der Waals surface area contributed by atoms with Crippen molar-refractivity contribution in [2.24, 2.45) is 0 Å². The highest BCUT2D eigenvalue weighted by atomic mass is 35.5. The van der Waals surface area contributed by atoms with E-state index in [0.29, 0.717) is 13.2 Å². The van der Waals surface area contributed by atoms with E-state index in [1.165, 1.54) is 19.7 Å². The van der Waals surface area contributed by atoms with Gasteiger partial charge in [0, 0.05) is 13.2 Å². The zero-order chi connectivity index (χ0) is 12.7. The van der Waals surface area contributed by atoms with Crippen LogP contribution in [-0.2, 0) is 9.47 Å². The lowest BCUT2D eigenvalue weighted by atomic mass is 10.9. The van der Waals surface area contributed by atoms with Crippen LogP contribution in [0.2, 0.25) is 0 Å². The summed E-state index contributed by atoms with van der Waals surface area (Å²) in [5.41, 5.74) is 0. The predicted molar refractivity (Wildman–Crippen MR) is 82.5 cm³/mol. The van der Waals surface area contributed by atoms with E-state index in [0.717, 1.165) is 21.6 Å². The van der Waals surface area contributed by atoms with E-state index in [1.807, 2.05) is 13.8 Å². The summed E-state index contributed by atoms with van der Waals surface area (Å²) in [7, 11) is 4.94. The first-order valence-electron chi connectivity index (χ1n) is 4.06. The molecule has 0 N–H and O–H groups in total. The first kappa shape index (κ1) is 18.5. The van der Waals surface area contributed by atoms with Gasteiger partial charge < -0.3 is 9.47 Å². The third kappa shape index (κ3) is 10.4. The highest BCUT2D eigenvalue weighted by Crippen LogP contribution is 2.57. The maximum absolute atomic E-state index is 5.81. The molecule has 0 aliphatic rings. The smallest absolute Gasteiger partial charge is 0.278 e. The van der Waals surface area contributed by atoms with Gasteiger partial charge in [0.2, 0.25) is 0 Å². The second-order valence-corrected chi connectivity index (χ2v) is 11.5. The summed E-state index contributed by atoms with van der Waals surface area (Å²) in [5, 5.41) is 0. The number of hydrogen-bond donors (Lipinski definition) is 0. The first-order valence-corrected chi connectivity index (χ1v) is 10.4. The molecule has 0 radical (unpaired) electrons. The lowest BCUT2D eigenvalue weighted by Crippen LogP contribution is -2.11. The summed E-state index contributed by atoms with van der Waals surface area (Å²) in [6.07, 6.45) is 0. The largest absolute Gasteiger partial charge is 0.338 e. The molecule has 2 nitrogen and oxygen atoms in total. The van der Waals surface area contributed by atoms with Gasteiger partial charge in [-0.3, -0.25) is 0 Å². The molecule has 0 aromatic rings. The molecule has 0 aliphatic carbocycles. The highest BCUT2D eigenvalue weighted by molar-refractivity contribution is 9.26. The van der Waals surface area contributed by atoms with Crippen LogP contribution in [0, 0.1) is 0 Å². The molecule has 0 aromatic carbocycles. The third-order valence-corrected chi connectivity index (χ3v) is 9.40. The summed E-state index contributed by atoms with van der Waals surface area (Å²) in [6, 6.07) is 0. The van der Waals surface area contributed by atoms with Crippen LogP contribution in [0.4, 0.5) is 0 Å². The maximum Gasteiger partial charge on any atom is 0.278 e. The van der Waals surface area contributed by atoms with Gasteiger partial charge in [0.15, 0.2) is 0 Å². The van der Waals surface area contributed by atoms with E-state index in [1.54, 1.807) is 0 Å². The van der Waals surface area contributed by atoms with Crippen molar-refractivity contribution < 1.29 is 9.47 Å². The fourth-order valence-corrected chi connectivity index (χ4v) is 8.61. The van der Waals surface area contributed by atoms with Gasteiger partial charge >= 0.3 is 0 Å². The lowest BCUT2D eigenvalue weighted by Gasteiger charge is -2.19. The predicted octanol–water partition coefficient (Wildman–Crippen LogP) is 5.92. The SMILES string of the molecule is CCOC(Cl)(Cl)SSSSC(Cl)(Cl)OCC. The fraction of sp³-hybridized carbons (Fsp3) is 1.00. The quantitative estimate of drug-likeness (QED) is 0.211.